The first-order valence-corrected chi connectivity index (χ1v) is 11.7. The smallest absolute Gasteiger partial charge is 0.228 e. The predicted molar refractivity (Wildman–Crippen MR) is 138 cm³/mol. The van der Waals surface area contributed by atoms with Crippen LogP contribution in [0.5, 0.6) is 0 Å². The summed E-state index contributed by atoms with van der Waals surface area (Å²) in [6, 6.07) is 56.1. The molecule has 0 nitrogen and oxygen atoms in total. The van der Waals surface area contributed by atoms with Crippen LogP contribution in [-0.4, -0.2) is 0 Å². The minimum atomic E-state index is -0.335. The van der Waals surface area contributed by atoms with Crippen LogP contribution in [-0.2, 0) is 51.2 Å². The van der Waals surface area contributed by atoms with E-state index in [-0.39, 0.29) is 59.1 Å². The summed E-state index contributed by atoms with van der Waals surface area (Å²) >= 11 is 0. The molecule has 0 unspecified atom stereocenters. The average Bonchev–Trinajstić information content (AvgIpc) is 3.70. The first-order chi connectivity index (χ1) is 15.4. The molecule has 4 heteroatoms. The van der Waals surface area contributed by atoms with Crippen molar-refractivity contribution >= 4 is 23.8 Å². The number of hydrogen-bond acceptors (Lipinski definition) is 0. The molecular weight excluding hydrogens is 559 g/mol. The van der Waals surface area contributed by atoms with Gasteiger partial charge in [0.25, 0.3) is 0 Å². The third-order valence-corrected chi connectivity index (χ3v) is 6.82. The molecule has 0 heterocycles. The molecule has 0 saturated heterocycles. The first kappa shape index (κ1) is 32.1. The van der Waals surface area contributed by atoms with Crippen LogP contribution in [0.25, 0.3) is 0 Å². The quantitative estimate of drug-likeness (QED) is 0.122. The summed E-state index contributed by atoms with van der Waals surface area (Å²) in [6.45, 7) is 0. The fourth-order valence-electron chi connectivity index (χ4n) is 2.95. The molecule has 0 N–H and O–H groups in total. The van der Waals surface area contributed by atoms with Crippen molar-refractivity contribution in [1.29, 1.82) is 0 Å². The Morgan fingerprint density at radius 3 is 0.765 bits per heavy atom. The van der Waals surface area contributed by atoms with Crippen LogP contribution in [0.3, 0.4) is 0 Å². The fourth-order valence-corrected chi connectivity index (χ4v) is 5.25. The molecule has 176 valence electrons. The summed E-state index contributed by atoms with van der Waals surface area (Å²) in [4.78, 5) is 0. The minimum Gasteiger partial charge on any atom is -0.228 e. The van der Waals surface area contributed by atoms with Crippen LogP contribution in [0.15, 0.2) is 164 Å². The molecule has 0 aliphatic heterocycles. The van der Waals surface area contributed by atoms with Crippen LogP contribution in [0.1, 0.15) is 0 Å². The number of hydrogen-bond donors (Lipinski definition) is 0. The van der Waals surface area contributed by atoms with Crippen molar-refractivity contribution in [3.63, 3.8) is 0 Å². The van der Waals surface area contributed by atoms with Gasteiger partial charge in [0.05, 0.1) is 0 Å². The monoisotopic (exact) mass is 586 g/mol. The van der Waals surface area contributed by atoms with Gasteiger partial charge in [-0.1, -0.05) is 0 Å². The molecule has 0 aliphatic rings. The van der Waals surface area contributed by atoms with Crippen molar-refractivity contribution < 1.29 is 51.2 Å². The van der Waals surface area contributed by atoms with Gasteiger partial charge in [-0.3, -0.25) is 0 Å². The Bertz CT molecular complexity index is 857. The van der Waals surface area contributed by atoms with E-state index in [9.17, 15) is 0 Å². The Morgan fingerprint density at radius 2 is 0.618 bits per heavy atom. The van der Waals surface area contributed by atoms with Crippen molar-refractivity contribution in [3.05, 3.63) is 164 Å². The zero-order chi connectivity index (χ0) is 21.4. The van der Waals surface area contributed by atoms with Crippen molar-refractivity contribution in [2.24, 2.45) is 0 Å². The second kappa shape index (κ2) is 20.5. The summed E-state index contributed by atoms with van der Waals surface area (Å²) in [6.07, 6.45) is 0. The molecule has 34 heavy (non-hydrogen) atoms. The summed E-state index contributed by atoms with van der Waals surface area (Å²) < 4.78 is 0. The van der Waals surface area contributed by atoms with E-state index in [1.54, 1.807) is 0 Å². The van der Waals surface area contributed by atoms with E-state index in [1.165, 1.54) is 15.9 Å². The molecule has 6 rings (SSSR count). The zero-order valence-corrected chi connectivity index (χ0v) is 22.8. The predicted octanol–water partition coefficient (Wildman–Crippen LogP) is 6.81. The maximum Gasteiger partial charge on any atom is 2.00 e. The number of rotatable bonds is 3. The Balaban J connectivity index is 0.000000501. The maximum absolute atomic E-state index is 2.23. The summed E-state index contributed by atoms with van der Waals surface area (Å²) in [5, 5.41) is 4.31. The molecule has 0 amide bonds. The molecule has 0 aromatic heterocycles. The normalized spacial score (nSPS) is 8.74. The molecule has 0 atom stereocenters. The fraction of sp³-hybridized carbons (Fsp3) is 0. The van der Waals surface area contributed by atoms with Crippen LogP contribution in [0.2, 0.25) is 0 Å². The van der Waals surface area contributed by atoms with Gasteiger partial charge in [0.1, 0.15) is 0 Å². The van der Waals surface area contributed by atoms with E-state index in [1.807, 2.05) is 91.0 Å². The molecule has 0 saturated carbocycles. The third kappa shape index (κ3) is 12.0. The van der Waals surface area contributed by atoms with Gasteiger partial charge >= 0.3 is 51.2 Å². The van der Waals surface area contributed by atoms with Gasteiger partial charge in [0.2, 0.25) is 0 Å². The second-order valence-electron chi connectivity index (χ2n) is 6.65. The van der Waals surface area contributed by atoms with Gasteiger partial charge in [-0.05, 0) is 0 Å². The van der Waals surface area contributed by atoms with E-state index in [0.29, 0.717) is 0 Å². The summed E-state index contributed by atoms with van der Waals surface area (Å²) in [5.74, 6) is 0. The minimum absolute atomic E-state index is 0. The Labute approximate surface area is 237 Å². The van der Waals surface area contributed by atoms with E-state index in [0.717, 1.165) is 0 Å². The summed E-state index contributed by atoms with van der Waals surface area (Å²) in [5.41, 5.74) is 0. The van der Waals surface area contributed by atoms with E-state index < -0.39 is 0 Å². The average molecular weight is 586 g/mol. The molecule has 0 aliphatic carbocycles. The van der Waals surface area contributed by atoms with Crippen LogP contribution >= 0.6 is 7.92 Å². The zero-order valence-electron chi connectivity index (χ0n) is 18.6. The standard InChI is InChI=1S/C15H12P.3C5H5.3Fe/c1-2-8-13(7-1)16(14-9-3-4-10-14)15-11-5-6-12-15;3*1-2-4-5-3-1;;;/h1-12H;3*1-5H;;;/q-3;3*-1;3*+2. The van der Waals surface area contributed by atoms with Gasteiger partial charge in [-0.25, -0.2) is 62.5 Å². The Hall–Kier alpha value is -1.91. The molecule has 0 radical (unpaired) electrons. The van der Waals surface area contributed by atoms with Crippen LogP contribution < -0.4 is 15.9 Å². The second-order valence-corrected chi connectivity index (χ2v) is 8.87. The van der Waals surface area contributed by atoms with Gasteiger partial charge < -0.3 is 0 Å². The van der Waals surface area contributed by atoms with Crippen molar-refractivity contribution in [2.45, 2.75) is 0 Å². The van der Waals surface area contributed by atoms with Gasteiger partial charge in [-0.15, -0.1) is 0 Å². The molecule has 6 aromatic carbocycles. The Kier molecular flexibility index (Phi) is 19.3. The molecule has 6 aromatic rings. The van der Waals surface area contributed by atoms with Crippen molar-refractivity contribution in [3.8, 4) is 0 Å². The third-order valence-electron chi connectivity index (χ3n) is 4.38. The van der Waals surface area contributed by atoms with Gasteiger partial charge in [0, 0.05) is 0 Å². The van der Waals surface area contributed by atoms with Crippen LogP contribution in [0.4, 0.5) is 0 Å². The van der Waals surface area contributed by atoms with Gasteiger partial charge in [-0.2, -0.15) is 125 Å². The first-order valence-electron chi connectivity index (χ1n) is 10.4. The van der Waals surface area contributed by atoms with Crippen LogP contribution in [0, 0.1) is 0 Å². The van der Waals surface area contributed by atoms with Gasteiger partial charge in [0.15, 0.2) is 0 Å². The molecule has 0 bridgehead atoms. The SMILES string of the molecule is [Fe+2].[Fe+2].[Fe+2].c1cc(P(c2cc[cH-]c2)c2cc[cH-]c2)c[cH-]1.c1cc[cH-]c1.c1cc[cH-]c1.c1cc[cH-]c1. The maximum atomic E-state index is 2.23. The summed E-state index contributed by atoms with van der Waals surface area (Å²) in [7, 11) is -0.335. The van der Waals surface area contributed by atoms with E-state index >= 15 is 0 Å². The van der Waals surface area contributed by atoms with Crippen molar-refractivity contribution in [1.82, 2.24) is 0 Å². The molecule has 0 spiro atoms. The topological polar surface area (TPSA) is 0 Å². The largest absolute Gasteiger partial charge is 2.00 e. The molecular formula is C30H27Fe3P. The van der Waals surface area contributed by atoms with E-state index in [4.69, 9.17) is 0 Å². The Morgan fingerprint density at radius 1 is 0.353 bits per heavy atom. The van der Waals surface area contributed by atoms with E-state index in [2.05, 4.69) is 72.8 Å². The molecule has 0 fully saturated rings. The van der Waals surface area contributed by atoms with Crippen molar-refractivity contribution in [2.75, 3.05) is 0 Å².